The van der Waals surface area contributed by atoms with Gasteiger partial charge in [0, 0.05) is 5.39 Å². The minimum Gasteiger partial charge on any atom is -0.493 e. The Bertz CT molecular complexity index is 1040. The van der Waals surface area contributed by atoms with Crippen LogP contribution in [-0.4, -0.2) is 33.2 Å². The van der Waals surface area contributed by atoms with E-state index in [0.29, 0.717) is 22.6 Å². The van der Waals surface area contributed by atoms with E-state index in [1.165, 1.54) is 21.3 Å². The Morgan fingerprint density at radius 3 is 2.45 bits per heavy atom. The molecule has 0 saturated carbocycles. The van der Waals surface area contributed by atoms with Gasteiger partial charge in [-0.3, -0.25) is 9.59 Å². The van der Waals surface area contributed by atoms with Crippen molar-refractivity contribution in [1.82, 2.24) is 5.32 Å². The van der Waals surface area contributed by atoms with E-state index in [4.69, 9.17) is 18.6 Å². The molecule has 0 saturated heterocycles. The Morgan fingerprint density at radius 1 is 1.00 bits per heavy atom. The molecule has 3 rings (SSSR count). The molecule has 1 aromatic heterocycles. The second-order valence-electron chi connectivity index (χ2n) is 6.57. The summed E-state index contributed by atoms with van der Waals surface area (Å²) in [5.74, 6) is 0.328. The summed E-state index contributed by atoms with van der Waals surface area (Å²) >= 11 is 0. The predicted octanol–water partition coefficient (Wildman–Crippen LogP) is 3.79. The zero-order chi connectivity index (χ0) is 21.0. The van der Waals surface area contributed by atoms with Gasteiger partial charge in [-0.1, -0.05) is 17.7 Å². The van der Waals surface area contributed by atoms with Gasteiger partial charge in [-0.15, -0.1) is 0 Å². The maximum atomic E-state index is 12.8. The number of hydrogen-bond donors (Lipinski definition) is 1. The van der Waals surface area contributed by atoms with Crippen molar-refractivity contribution in [1.29, 1.82) is 0 Å². The third-order valence-corrected chi connectivity index (χ3v) is 4.61. The number of benzene rings is 2. The molecule has 7 heteroatoms. The van der Waals surface area contributed by atoms with E-state index in [1.807, 2.05) is 25.1 Å². The molecule has 0 fully saturated rings. The van der Waals surface area contributed by atoms with Crippen LogP contribution in [0.15, 0.2) is 46.9 Å². The van der Waals surface area contributed by atoms with Crippen LogP contribution in [0.5, 0.6) is 11.5 Å². The van der Waals surface area contributed by atoms with E-state index in [1.54, 1.807) is 24.3 Å². The topological polar surface area (TPSA) is 87.0 Å². The largest absolute Gasteiger partial charge is 0.493 e. The number of esters is 1. The predicted molar refractivity (Wildman–Crippen MR) is 107 cm³/mol. The number of nitrogens with one attached hydrogen (secondary N) is 1. The Kier molecular flexibility index (Phi) is 6.07. The third-order valence-electron chi connectivity index (χ3n) is 4.61. The van der Waals surface area contributed by atoms with Crippen LogP contribution >= 0.6 is 0 Å². The van der Waals surface area contributed by atoms with Gasteiger partial charge in [0.2, 0.25) is 0 Å². The van der Waals surface area contributed by atoms with Crippen LogP contribution in [0.2, 0.25) is 0 Å². The van der Waals surface area contributed by atoms with Gasteiger partial charge in [-0.05, 0) is 42.8 Å². The molecule has 1 heterocycles. The lowest BCUT2D eigenvalue weighted by molar-refractivity contribution is -0.141. The molecule has 0 radical (unpaired) electrons. The number of carbonyl (C=O) groups excluding carboxylic acids is 2. The van der Waals surface area contributed by atoms with Crippen molar-refractivity contribution < 1.29 is 28.2 Å². The fraction of sp³-hybridized carbons (Fsp3) is 0.273. The molecule has 1 atom stereocenters. The molecule has 0 aliphatic heterocycles. The van der Waals surface area contributed by atoms with Crippen LogP contribution in [-0.2, 0) is 9.53 Å². The molecule has 1 unspecified atom stereocenters. The van der Waals surface area contributed by atoms with E-state index < -0.39 is 17.9 Å². The minimum atomic E-state index is -0.635. The highest BCUT2D eigenvalue weighted by molar-refractivity contribution is 5.96. The molecule has 7 nitrogen and oxygen atoms in total. The van der Waals surface area contributed by atoms with Crippen molar-refractivity contribution in [3.63, 3.8) is 0 Å². The number of ether oxygens (including phenoxy) is 3. The van der Waals surface area contributed by atoms with E-state index in [-0.39, 0.29) is 12.2 Å². The van der Waals surface area contributed by atoms with Crippen LogP contribution in [0, 0.1) is 6.92 Å². The summed E-state index contributed by atoms with van der Waals surface area (Å²) in [4.78, 5) is 24.7. The average Bonchev–Trinajstić information content (AvgIpc) is 3.15. The zero-order valence-corrected chi connectivity index (χ0v) is 16.8. The molecule has 152 valence electrons. The quantitative estimate of drug-likeness (QED) is 0.611. The fourth-order valence-corrected chi connectivity index (χ4v) is 3.08. The summed E-state index contributed by atoms with van der Waals surface area (Å²) in [6.07, 6.45) is -0.0446. The van der Waals surface area contributed by atoms with Crippen molar-refractivity contribution in [2.45, 2.75) is 19.4 Å². The van der Waals surface area contributed by atoms with Crippen LogP contribution in [0.3, 0.4) is 0 Å². The number of fused-ring (bicyclic) bond motifs is 1. The molecule has 0 spiro atoms. The zero-order valence-electron chi connectivity index (χ0n) is 16.8. The number of rotatable bonds is 7. The lowest BCUT2D eigenvalue weighted by Gasteiger charge is -2.19. The first-order chi connectivity index (χ1) is 13.9. The number of methoxy groups -OCH3 is 3. The first kappa shape index (κ1) is 20.3. The average molecular weight is 397 g/mol. The molecule has 1 amide bonds. The first-order valence-electron chi connectivity index (χ1n) is 9.05. The number of carbonyl (C=O) groups is 2. The van der Waals surface area contributed by atoms with E-state index in [0.717, 1.165) is 10.9 Å². The molecule has 0 aliphatic rings. The number of furan rings is 1. The van der Waals surface area contributed by atoms with Gasteiger partial charge in [0.05, 0.1) is 33.8 Å². The van der Waals surface area contributed by atoms with Gasteiger partial charge in [0.1, 0.15) is 5.58 Å². The smallest absolute Gasteiger partial charge is 0.307 e. The second-order valence-corrected chi connectivity index (χ2v) is 6.57. The summed E-state index contributed by atoms with van der Waals surface area (Å²) in [5.41, 5.74) is 2.36. The molecule has 0 aliphatic carbocycles. The molecular weight excluding hydrogens is 374 g/mol. The van der Waals surface area contributed by atoms with Crippen LogP contribution in [0.4, 0.5) is 0 Å². The molecule has 0 bridgehead atoms. The van der Waals surface area contributed by atoms with E-state index >= 15 is 0 Å². The number of aryl methyl sites for hydroxylation is 1. The highest BCUT2D eigenvalue weighted by atomic mass is 16.5. The Labute approximate surface area is 168 Å². The third kappa shape index (κ3) is 4.51. The van der Waals surface area contributed by atoms with E-state index in [9.17, 15) is 9.59 Å². The molecule has 2 aromatic carbocycles. The molecule has 29 heavy (non-hydrogen) atoms. The van der Waals surface area contributed by atoms with Gasteiger partial charge in [0.15, 0.2) is 17.3 Å². The van der Waals surface area contributed by atoms with Gasteiger partial charge >= 0.3 is 5.97 Å². The molecule has 3 aromatic rings. The van der Waals surface area contributed by atoms with Gasteiger partial charge in [-0.2, -0.15) is 0 Å². The fourth-order valence-electron chi connectivity index (χ4n) is 3.08. The van der Waals surface area contributed by atoms with Crippen molar-refractivity contribution in [2.75, 3.05) is 21.3 Å². The first-order valence-corrected chi connectivity index (χ1v) is 9.05. The maximum absolute atomic E-state index is 12.8. The number of hydrogen-bond acceptors (Lipinski definition) is 6. The SMILES string of the molecule is COC(=O)CC(NC(=O)c1cc2cc(C)ccc2o1)c1ccc(OC)c(OC)c1. The summed E-state index contributed by atoms with van der Waals surface area (Å²) in [6.45, 7) is 1.97. The van der Waals surface area contributed by atoms with Gasteiger partial charge < -0.3 is 23.9 Å². The van der Waals surface area contributed by atoms with Crippen molar-refractivity contribution >= 4 is 22.8 Å². The highest BCUT2D eigenvalue weighted by Crippen LogP contribution is 2.31. The number of amides is 1. The molecular formula is C22H23NO6. The Morgan fingerprint density at radius 2 is 1.76 bits per heavy atom. The lowest BCUT2D eigenvalue weighted by atomic mass is 10.0. The second kappa shape index (κ2) is 8.68. The van der Waals surface area contributed by atoms with Gasteiger partial charge in [0.25, 0.3) is 5.91 Å². The van der Waals surface area contributed by atoms with Crippen LogP contribution in [0.25, 0.3) is 11.0 Å². The normalized spacial score (nSPS) is 11.7. The van der Waals surface area contributed by atoms with Crippen molar-refractivity contribution in [3.8, 4) is 11.5 Å². The summed E-state index contributed by atoms with van der Waals surface area (Å²) in [6, 6.07) is 11.9. The van der Waals surface area contributed by atoms with Crippen molar-refractivity contribution in [2.24, 2.45) is 0 Å². The van der Waals surface area contributed by atoms with E-state index in [2.05, 4.69) is 5.32 Å². The Balaban J connectivity index is 1.90. The molecule has 1 N–H and O–H groups in total. The van der Waals surface area contributed by atoms with Crippen LogP contribution in [0.1, 0.15) is 34.1 Å². The minimum absolute atomic E-state index is 0.0446. The monoisotopic (exact) mass is 397 g/mol. The summed E-state index contributed by atoms with van der Waals surface area (Å²) in [7, 11) is 4.36. The van der Waals surface area contributed by atoms with Gasteiger partial charge in [-0.25, -0.2) is 0 Å². The Hall–Kier alpha value is -3.48. The summed E-state index contributed by atoms with van der Waals surface area (Å²) < 4.78 is 21.0. The summed E-state index contributed by atoms with van der Waals surface area (Å²) in [5, 5.41) is 3.69. The van der Waals surface area contributed by atoms with Crippen molar-refractivity contribution in [3.05, 3.63) is 59.4 Å². The maximum Gasteiger partial charge on any atom is 0.307 e. The highest BCUT2D eigenvalue weighted by Gasteiger charge is 2.23. The standard InChI is InChI=1S/C22H23NO6/c1-13-5-7-17-15(9-13)11-20(29-17)22(25)23-16(12-21(24)28-4)14-6-8-18(26-2)19(10-14)27-3/h5-11,16H,12H2,1-4H3,(H,23,25). The van der Waals surface area contributed by atoms with Crippen LogP contribution < -0.4 is 14.8 Å². The lowest BCUT2D eigenvalue weighted by Crippen LogP contribution is -2.30.